The Bertz CT molecular complexity index is 1200. The van der Waals surface area contributed by atoms with Crippen LogP contribution in [0.1, 0.15) is 438 Å². The molecule has 0 saturated heterocycles. The maximum atomic E-state index is 12.9. The molecule has 0 aliphatic heterocycles. The van der Waals surface area contributed by atoms with Gasteiger partial charge in [0.15, 0.2) is 6.10 Å². The van der Waals surface area contributed by atoms with Crippen LogP contribution in [0.25, 0.3) is 0 Å². The molecular formula is C74H144O6. The highest BCUT2D eigenvalue weighted by Crippen LogP contribution is 2.20. The minimum Gasteiger partial charge on any atom is -0.462 e. The Morgan fingerprint density at radius 1 is 0.200 bits per heavy atom. The number of hydrogen-bond donors (Lipinski definition) is 0. The van der Waals surface area contributed by atoms with Gasteiger partial charge in [0.2, 0.25) is 0 Å². The van der Waals surface area contributed by atoms with E-state index in [4.69, 9.17) is 14.2 Å². The second-order valence-electron chi connectivity index (χ2n) is 25.6. The van der Waals surface area contributed by atoms with Gasteiger partial charge in [-0.25, -0.2) is 0 Å². The van der Waals surface area contributed by atoms with Gasteiger partial charge in [0.05, 0.1) is 0 Å². The van der Waals surface area contributed by atoms with Crippen molar-refractivity contribution in [2.45, 2.75) is 444 Å². The minimum absolute atomic E-state index is 0.0620. The van der Waals surface area contributed by atoms with Gasteiger partial charge in [0.1, 0.15) is 13.2 Å². The van der Waals surface area contributed by atoms with Gasteiger partial charge >= 0.3 is 17.9 Å². The van der Waals surface area contributed by atoms with Crippen molar-refractivity contribution in [1.82, 2.24) is 0 Å². The maximum Gasteiger partial charge on any atom is 0.306 e. The van der Waals surface area contributed by atoms with E-state index in [1.165, 1.54) is 334 Å². The molecule has 0 aromatic rings. The zero-order chi connectivity index (χ0) is 57.8. The lowest BCUT2D eigenvalue weighted by Crippen LogP contribution is -2.30. The molecule has 0 radical (unpaired) electrons. The zero-order valence-electron chi connectivity index (χ0n) is 54.9. The van der Waals surface area contributed by atoms with Crippen molar-refractivity contribution >= 4 is 17.9 Å². The first-order valence-electron chi connectivity index (χ1n) is 37.0. The molecule has 0 aromatic heterocycles. The summed E-state index contributed by atoms with van der Waals surface area (Å²) in [5.41, 5.74) is 0. The SMILES string of the molecule is CCCCCCCCCCCCCCCCCCCCCCCCCCCCCCCCCCC(=O)OCC(COC(=O)CCCCCCC)OC(=O)CCCCCCCCCCCCCCCCCCCCCCCCCCC. The quantitative estimate of drug-likeness (QED) is 0.0343. The molecule has 476 valence electrons. The number of rotatable bonds is 70. The molecule has 0 aliphatic rings. The molecule has 6 nitrogen and oxygen atoms in total. The van der Waals surface area contributed by atoms with Gasteiger partial charge in [-0.15, -0.1) is 0 Å². The fourth-order valence-electron chi connectivity index (χ4n) is 11.8. The van der Waals surface area contributed by atoms with Crippen LogP contribution in [0.4, 0.5) is 0 Å². The van der Waals surface area contributed by atoms with Crippen molar-refractivity contribution in [3.05, 3.63) is 0 Å². The van der Waals surface area contributed by atoms with Crippen LogP contribution < -0.4 is 0 Å². The van der Waals surface area contributed by atoms with Crippen LogP contribution in [-0.4, -0.2) is 37.2 Å². The summed E-state index contributed by atoms with van der Waals surface area (Å²) in [4.78, 5) is 38.0. The van der Waals surface area contributed by atoms with Crippen molar-refractivity contribution in [3.63, 3.8) is 0 Å². The van der Waals surface area contributed by atoms with E-state index in [0.717, 1.165) is 64.2 Å². The molecule has 1 unspecified atom stereocenters. The molecule has 0 fully saturated rings. The molecule has 1 atom stereocenters. The first kappa shape index (κ1) is 78.4. The Morgan fingerprint density at radius 2 is 0.338 bits per heavy atom. The van der Waals surface area contributed by atoms with Crippen molar-refractivity contribution in [3.8, 4) is 0 Å². The number of ether oxygens (including phenoxy) is 3. The van der Waals surface area contributed by atoms with Crippen molar-refractivity contribution < 1.29 is 28.6 Å². The highest BCUT2D eigenvalue weighted by molar-refractivity contribution is 5.71. The van der Waals surface area contributed by atoms with Gasteiger partial charge in [-0.05, 0) is 19.3 Å². The smallest absolute Gasteiger partial charge is 0.306 e. The van der Waals surface area contributed by atoms with Crippen LogP contribution >= 0.6 is 0 Å². The lowest BCUT2D eigenvalue weighted by atomic mass is 10.0. The van der Waals surface area contributed by atoms with Gasteiger partial charge in [-0.3, -0.25) is 14.4 Å². The van der Waals surface area contributed by atoms with Crippen LogP contribution in [0.2, 0.25) is 0 Å². The summed E-state index contributed by atoms with van der Waals surface area (Å²) >= 11 is 0. The lowest BCUT2D eigenvalue weighted by molar-refractivity contribution is -0.167. The Balaban J connectivity index is 3.85. The molecule has 0 amide bonds. The third kappa shape index (κ3) is 67.2. The third-order valence-electron chi connectivity index (χ3n) is 17.4. The fraction of sp³-hybridized carbons (Fsp3) is 0.959. The summed E-state index contributed by atoms with van der Waals surface area (Å²) in [6.07, 6.45) is 83.6. The van der Waals surface area contributed by atoms with Crippen LogP contribution in [-0.2, 0) is 28.6 Å². The van der Waals surface area contributed by atoms with Crippen LogP contribution in [0, 0.1) is 0 Å². The van der Waals surface area contributed by atoms with Crippen molar-refractivity contribution in [2.24, 2.45) is 0 Å². The number of unbranched alkanes of at least 4 members (excludes halogenated alkanes) is 59. The summed E-state index contributed by atoms with van der Waals surface area (Å²) in [7, 11) is 0. The van der Waals surface area contributed by atoms with Gasteiger partial charge in [-0.2, -0.15) is 0 Å². The summed E-state index contributed by atoms with van der Waals surface area (Å²) in [5.74, 6) is -0.841. The van der Waals surface area contributed by atoms with Gasteiger partial charge < -0.3 is 14.2 Å². The van der Waals surface area contributed by atoms with E-state index in [1.807, 2.05) is 0 Å². The maximum absolute atomic E-state index is 12.9. The molecule has 0 heterocycles. The van der Waals surface area contributed by atoms with E-state index in [2.05, 4.69) is 20.8 Å². The van der Waals surface area contributed by atoms with E-state index < -0.39 is 6.10 Å². The Kier molecular flexibility index (Phi) is 68.5. The molecule has 0 aromatic carbocycles. The standard InChI is InChI=1S/C74H144O6/c1-4-7-10-13-15-17-19-21-23-25-27-29-31-33-34-35-36-37-38-39-41-42-44-46-48-50-52-54-56-58-61-64-67-73(76)79-70-71(69-78-72(75)66-63-60-12-9-6-3)80-74(77)68-65-62-59-57-55-53-51-49-47-45-43-40-32-30-28-26-24-22-20-18-16-14-11-8-5-2/h71H,4-70H2,1-3H3. The summed E-state index contributed by atoms with van der Waals surface area (Å²) < 4.78 is 16.8. The average Bonchev–Trinajstić information content (AvgIpc) is 3.46. The lowest BCUT2D eigenvalue weighted by Gasteiger charge is -2.18. The molecule has 0 N–H and O–H groups in total. The van der Waals surface area contributed by atoms with E-state index in [9.17, 15) is 14.4 Å². The van der Waals surface area contributed by atoms with Gasteiger partial charge in [0, 0.05) is 19.3 Å². The van der Waals surface area contributed by atoms with Gasteiger partial charge in [0.25, 0.3) is 0 Å². The minimum atomic E-state index is -0.761. The molecule has 80 heavy (non-hydrogen) atoms. The van der Waals surface area contributed by atoms with Crippen LogP contribution in [0.15, 0.2) is 0 Å². The Morgan fingerprint density at radius 3 is 0.500 bits per heavy atom. The van der Waals surface area contributed by atoms with Crippen molar-refractivity contribution in [2.75, 3.05) is 13.2 Å². The monoisotopic (exact) mass is 1130 g/mol. The summed E-state index contributed by atoms with van der Waals surface area (Å²) in [5, 5.41) is 0. The van der Waals surface area contributed by atoms with Crippen LogP contribution in [0.5, 0.6) is 0 Å². The summed E-state index contributed by atoms with van der Waals surface area (Å²) in [6, 6.07) is 0. The average molecular weight is 1130 g/mol. The first-order chi connectivity index (χ1) is 39.5. The highest BCUT2D eigenvalue weighted by atomic mass is 16.6. The molecule has 0 bridgehead atoms. The molecule has 0 saturated carbocycles. The largest absolute Gasteiger partial charge is 0.462 e. The molecule has 0 spiro atoms. The Labute approximate surface area is 501 Å². The van der Waals surface area contributed by atoms with Crippen molar-refractivity contribution in [1.29, 1.82) is 0 Å². The van der Waals surface area contributed by atoms with E-state index in [-0.39, 0.29) is 31.1 Å². The summed E-state index contributed by atoms with van der Waals surface area (Å²) in [6.45, 7) is 6.66. The Hall–Kier alpha value is -1.59. The van der Waals surface area contributed by atoms with Gasteiger partial charge in [-0.1, -0.05) is 400 Å². The predicted octanol–water partition coefficient (Wildman–Crippen LogP) is 25.4. The number of carbonyl (C=O) groups excluding carboxylic acids is 3. The third-order valence-corrected chi connectivity index (χ3v) is 17.4. The highest BCUT2D eigenvalue weighted by Gasteiger charge is 2.20. The van der Waals surface area contributed by atoms with E-state index in [1.54, 1.807) is 0 Å². The fourth-order valence-corrected chi connectivity index (χ4v) is 11.8. The van der Waals surface area contributed by atoms with Crippen LogP contribution in [0.3, 0.4) is 0 Å². The second-order valence-corrected chi connectivity index (χ2v) is 25.6. The molecule has 0 rings (SSSR count). The molecule has 0 aliphatic carbocycles. The molecular weight excluding hydrogens is 985 g/mol. The van der Waals surface area contributed by atoms with E-state index in [0.29, 0.717) is 19.3 Å². The zero-order valence-corrected chi connectivity index (χ0v) is 54.9. The van der Waals surface area contributed by atoms with E-state index >= 15 is 0 Å². The molecule has 6 heteroatoms. The first-order valence-corrected chi connectivity index (χ1v) is 37.0. The predicted molar refractivity (Wildman–Crippen MR) is 349 cm³/mol. The number of esters is 3. The normalized spacial score (nSPS) is 11.9. The number of hydrogen-bond acceptors (Lipinski definition) is 6. The number of carbonyl (C=O) groups is 3. The topological polar surface area (TPSA) is 78.9 Å². The second kappa shape index (κ2) is 69.9.